The Kier molecular flexibility index (Phi) is 5.91. The number of amides is 1. The number of hydrogen-bond acceptors (Lipinski definition) is 7. The molecule has 0 unspecified atom stereocenters. The zero-order valence-electron chi connectivity index (χ0n) is 22.2. The lowest BCUT2D eigenvalue weighted by Crippen LogP contribution is -2.38. The van der Waals surface area contributed by atoms with E-state index in [9.17, 15) is 9.90 Å². The Bertz CT molecular complexity index is 1740. The fraction of sp³-hybridized carbons (Fsp3) is 0.258. The van der Waals surface area contributed by atoms with Crippen LogP contribution >= 0.6 is 0 Å². The number of aliphatic hydroxyl groups excluding tert-OH is 1. The van der Waals surface area contributed by atoms with Crippen LogP contribution in [0.3, 0.4) is 0 Å². The summed E-state index contributed by atoms with van der Waals surface area (Å²) in [5.41, 5.74) is 14.0. The zero-order valence-corrected chi connectivity index (χ0v) is 22.2. The van der Waals surface area contributed by atoms with Crippen LogP contribution in [-0.4, -0.2) is 56.6 Å². The van der Waals surface area contributed by atoms with Gasteiger partial charge in [0, 0.05) is 37.4 Å². The molecule has 0 radical (unpaired) electrons. The number of aromatic nitrogens is 3. The Balaban J connectivity index is 1.18. The number of likely N-dealkylation sites (tertiary alicyclic amines) is 1. The minimum atomic E-state index is -0.238. The Hall–Kier alpha value is -4.47. The molecule has 2 aliphatic rings. The van der Waals surface area contributed by atoms with Gasteiger partial charge in [-0.25, -0.2) is 4.68 Å². The van der Waals surface area contributed by atoms with Crippen molar-refractivity contribution >= 4 is 28.4 Å². The predicted octanol–water partition coefficient (Wildman–Crippen LogP) is 4.34. The number of benzene rings is 3. The lowest BCUT2D eigenvalue weighted by molar-refractivity contribution is 0.0973. The highest BCUT2D eigenvalue weighted by molar-refractivity contribution is 6.07. The van der Waals surface area contributed by atoms with Gasteiger partial charge in [0.2, 0.25) is 0 Å². The van der Waals surface area contributed by atoms with Crippen molar-refractivity contribution in [2.75, 3.05) is 30.3 Å². The van der Waals surface area contributed by atoms with E-state index in [-0.39, 0.29) is 12.0 Å². The number of aliphatic hydroxyl groups is 1. The quantitative estimate of drug-likeness (QED) is 0.345. The molecule has 0 aliphatic carbocycles. The number of nitrogen functional groups attached to an aromatic ring is 1. The molecule has 0 spiro atoms. The lowest BCUT2D eigenvalue weighted by atomic mass is 9.98. The number of rotatable bonds is 5. The summed E-state index contributed by atoms with van der Waals surface area (Å²) in [5.74, 6) is 0.225. The molecule has 4 heterocycles. The van der Waals surface area contributed by atoms with Crippen molar-refractivity contribution in [2.24, 2.45) is 0 Å². The third kappa shape index (κ3) is 4.14. The molecule has 2 aliphatic heterocycles. The summed E-state index contributed by atoms with van der Waals surface area (Å²) in [7, 11) is 0. The molecule has 0 saturated carbocycles. The fourth-order valence-corrected chi connectivity index (χ4v) is 6.00. The molecule has 0 bridgehead atoms. The van der Waals surface area contributed by atoms with Crippen LogP contribution in [0.25, 0.3) is 27.8 Å². The smallest absolute Gasteiger partial charge is 0.277 e. The Morgan fingerprint density at radius 3 is 2.65 bits per heavy atom. The molecule has 2 aromatic heterocycles. The van der Waals surface area contributed by atoms with Gasteiger partial charge in [-0.2, -0.15) is 5.10 Å². The summed E-state index contributed by atoms with van der Waals surface area (Å²) in [6, 6.07) is 22.1. The number of nitrogens with two attached hydrogens (primary N) is 1. The highest BCUT2D eigenvalue weighted by Crippen LogP contribution is 2.32. The number of aryl methyl sites for hydroxylation is 1. The minimum absolute atomic E-state index is 0.0824. The molecule has 9 nitrogen and oxygen atoms in total. The van der Waals surface area contributed by atoms with E-state index in [2.05, 4.69) is 46.5 Å². The van der Waals surface area contributed by atoms with E-state index in [1.165, 1.54) is 11.1 Å². The summed E-state index contributed by atoms with van der Waals surface area (Å²) in [5, 5.41) is 19.2. The highest BCUT2D eigenvalue weighted by atomic mass is 16.5. The first-order valence-corrected chi connectivity index (χ1v) is 13.6. The van der Waals surface area contributed by atoms with Gasteiger partial charge in [-0.05, 0) is 66.8 Å². The molecule has 1 amide bonds. The highest BCUT2D eigenvalue weighted by Gasteiger charge is 2.32. The van der Waals surface area contributed by atoms with Crippen molar-refractivity contribution in [1.82, 2.24) is 19.8 Å². The first kappa shape index (κ1) is 24.6. The average Bonchev–Trinajstić information content (AvgIpc) is 3.66. The number of fused-ring (bicyclic) bond motifs is 2. The Morgan fingerprint density at radius 1 is 1.05 bits per heavy atom. The van der Waals surface area contributed by atoms with E-state index in [1.807, 2.05) is 36.1 Å². The standard InChI is InChI=1S/C31H30N6O3/c1-19-25-13-15-36(31(39)29(25)37(33-19)23-10-11-28-27(16-23)30(32)34-40-28)22-8-6-20(7-9-22)26-5-3-2-4-21(26)17-35-14-12-24(38)18-35/h2-11,16,24,38H,12-15,17-18H2,1H3,(H2,32,34)/t24-/m1/s1. The van der Waals surface area contributed by atoms with E-state index in [0.29, 0.717) is 35.6 Å². The second-order valence-corrected chi connectivity index (χ2v) is 10.7. The Labute approximate surface area is 231 Å². The van der Waals surface area contributed by atoms with E-state index >= 15 is 0 Å². The Morgan fingerprint density at radius 2 is 1.85 bits per heavy atom. The molecule has 5 aromatic rings. The maximum Gasteiger partial charge on any atom is 0.277 e. The van der Waals surface area contributed by atoms with Gasteiger partial charge in [0.25, 0.3) is 5.91 Å². The second-order valence-electron chi connectivity index (χ2n) is 10.7. The summed E-state index contributed by atoms with van der Waals surface area (Å²) in [6.07, 6.45) is 1.30. The average molecular weight is 535 g/mol. The van der Waals surface area contributed by atoms with Crippen LogP contribution in [0.2, 0.25) is 0 Å². The van der Waals surface area contributed by atoms with E-state index in [4.69, 9.17) is 15.4 Å². The minimum Gasteiger partial charge on any atom is -0.392 e. The van der Waals surface area contributed by atoms with Gasteiger partial charge in [0.05, 0.1) is 22.9 Å². The largest absolute Gasteiger partial charge is 0.392 e. The van der Waals surface area contributed by atoms with Crippen LogP contribution < -0.4 is 10.6 Å². The van der Waals surface area contributed by atoms with Crippen LogP contribution in [0.5, 0.6) is 0 Å². The number of nitrogens with zero attached hydrogens (tertiary/aromatic N) is 5. The first-order valence-electron chi connectivity index (χ1n) is 13.6. The molecule has 9 heteroatoms. The van der Waals surface area contributed by atoms with Crippen molar-refractivity contribution in [3.05, 3.63) is 89.2 Å². The topological polar surface area (TPSA) is 114 Å². The molecule has 1 fully saturated rings. The summed E-state index contributed by atoms with van der Waals surface area (Å²) < 4.78 is 6.96. The van der Waals surface area contributed by atoms with Gasteiger partial charge >= 0.3 is 0 Å². The number of carbonyl (C=O) groups is 1. The van der Waals surface area contributed by atoms with Gasteiger partial charge in [-0.1, -0.05) is 41.6 Å². The zero-order chi connectivity index (χ0) is 27.4. The summed E-state index contributed by atoms with van der Waals surface area (Å²) in [4.78, 5) is 18.0. The van der Waals surface area contributed by atoms with Crippen molar-refractivity contribution in [2.45, 2.75) is 32.4 Å². The summed E-state index contributed by atoms with van der Waals surface area (Å²) >= 11 is 0. The molecule has 3 aromatic carbocycles. The predicted molar refractivity (Wildman–Crippen MR) is 153 cm³/mol. The summed E-state index contributed by atoms with van der Waals surface area (Å²) in [6.45, 7) is 4.95. The third-order valence-electron chi connectivity index (χ3n) is 8.09. The SMILES string of the molecule is Cc1nn(-c2ccc3onc(N)c3c2)c2c1CCN(c1ccc(-c3ccccc3CN3CC[C@@H](O)C3)cc1)C2=O. The van der Waals surface area contributed by atoms with Crippen molar-refractivity contribution < 1.29 is 14.4 Å². The molecule has 40 heavy (non-hydrogen) atoms. The van der Waals surface area contributed by atoms with E-state index in [1.54, 1.807) is 10.7 Å². The molecular formula is C31H30N6O3. The van der Waals surface area contributed by atoms with Crippen LogP contribution in [0.1, 0.15) is 33.7 Å². The third-order valence-corrected chi connectivity index (χ3v) is 8.09. The van der Waals surface area contributed by atoms with Crippen LogP contribution in [0.15, 0.2) is 71.3 Å². The molecular weight excluding hydrogens is 504 g/mol. The molecule has 7 rings (SSSR count). The monoisotopic (exact) mass is 534 g/mol. The van der Waals surface area contributed by atoms with Crippen LogP contribution in [0.4, 0.5) is 11.5 Å². The maximum atomic E-state index is 13.9. The van der Waals surface area contributed by atoms with Gasteiger partial charge in [0.1, 0.15) is 5.69 Å². The first-order chi connectivity index (χ1) is 19.5. The second kappa shape index (κ2) is 9.62. The number of anilines is 2. The molecule has 202 valence electrons. The van der Waals surface area contributed by atoms with Gasteiger partial charge in [-0.15, -0.1) is 0 Å². The van der Waals surface area contributed by atoms with Gasteiger partial charge in [0.15, 0.2) is 11.4 Å². The molecule has 1 saturated heterocycles. The molecule has 1 atom stereocenters. The number of hydrogen-bond donors (Lipinski definition) is 2. The van der Waals surface area contributed by atoms with E-state index < -0.39 is 0 Å². The molecule has 3 N–H and O–H groups in total. The normalized spacial score (nSPS) is 17.6. The van der Waals surface area contributed by atoms with Gasteiger partial charge in [-0.3, -0.25) is 9.69 Å². The number of β-amino-alcohol motifs (C(OH)–C–C–N with tert-alkyl or cyclic N) is 1. The van der Waals surface area contributed by atoms with Crippen LogP contribution in [-0.2, 0) is 13.0 Å². The maximum absolute atomic E-state index is 13.9. The van der Waals surface area contributed by atoms with Crippen molar-refractivity contribution in [3.63, 3.8) is 0 Å². The van der Waals surface area contributed by atoms with Crippen molar-refractivity contribution in [3.8, 4) is 16.8 Å². The van der Waals surface area contributed by atoms with Gasteiger partial charge < -0.3 is 20.3 Å². The van der Waals surface area contributed by atoms with E-state index in [0.717, 1.165) is 54.1 Å². The van der Waals surface area contributed by atoms with Crippen LogP contribution in [0, 0.1) is 6.92 Å². The number of carbonyl (C=O) groups excluding carboxylic acids is 1. The lowest BCUT2D eigenvalue weighted by Gasteiger charge is -2.28. The fourth-order valence-electron chi connectivity index (χ4n) is 6.00. The van der Waals surface area contributed by atoms with Crippen molar-refractivity contribution in [1.29, 1.82) is 0 Å².